The van der Waals surface area contributed by atoms with Gasteiger partial charge in [0.2, 0.25) is 0 Å². The van der Waals surface area contributed by atoms with Crippen molar-refractivity contribution >= 4 is 7.12 Å². The summed E-state index contributed by atoms with van der Waals surface area (Å²) in [6, 6.07) is 0. The third kappa shape index (κ3) is 1.52. The first-order valence-electron chi connectivity index (χ1n) is 3.79. The van der Waals surface area contributed by atoms with Crippen molar-refractivity contribution in [3.8, 4) is 0 Å². The van der Waals surface area contributed by atoms with Gasteiger partial charge in [-0.25, -0.2) is 0 Å². The van der Waals surface area contributed by atoms with Crippen LogP contribution in [0.2, 0.25) is 5.82 Å². The second-order valence-corrected chi connectivity index (χ2v) is 4.29. The van der Waals surface area contributed by atoms with Gasteiger partial charge in [0.1, 0.15) is 0 Å². The molecule has 1 aliphatic carbocycles. The third-order valence-corrected chi connectivity index (χ3v) is 2.34. The predicted molar refractivity (Wildman–Crippen MR) is 41.5 cm³/mol. The molecule has 0 aliphatic heterocycles. The maximum atomic E-state index is 8.78. The predicted octanol–water partition coefficient (Wildman–Crippen LogP) is 0.895. The van der Waals surface area contributed by atoms with E-state index in [-0.39, 0.29) is 11.2 Å². The van der Waals surface area contributed by atoms with Crippen LogP contribution in [-0.4, -0.2) is 17.2 Å². The smallest absolute Gasteiger partial charge is 0.427 e. The van der Waals surface area contributed by atoms with E-state index in [1.165, 1.54) is 0 Å². The van der Waals surface area contributed by atoms with Crippen molar-refractivity contribution < 1.29 is 10.0 Å². The van der Waals surface area contributed by atoms with E-state index in [1.807, 2.05) is 0 Å². The standard InChI is InChI=1S/C7H15BO2/c1-7(2,3)5-4-6(5)8(9)10/h5-6,9-10H,4H2,1-3H3/t5-,6-/m1/s1. The van der Waals surface area contributed by atoms with E-state index in [1.54, 1.807) is 0 Å². The Bertz CT molecular complexity index is 128. The Hall–Kier alpha value is -0.0151. The summed E-state index contributed by atoms with van der Waals surface area (Å²) in [5.41, 5.74) is 0.244. The van der Waals surface area contributed by atoms with Crippen LogP contribution in [0.4, 0.5) is 0 Å². The van der Waals surface area contributed by atoms with Gasteiger partial charge in [0.05, 0.1) is 0 Å². The highest BCUT2D eigenvalue weighted by molar-refractivity contribution is 6.44. The SMILES string of the molecule is CC(C)(C)[C@@H]1C[C@H]1B(O)O. The quantitative estimate of drug-likeness (QED) is 0.534. The first-order chi connectivity index (χ1) is 4.43. The molecule has 58 valence electrons. The van der Waals surface area contributed by atoms with Crippen molar-refractivity contribution in [1.82, 2.24) is 0 Å². The number of rotatable bonds is 1. The molecule has 1 fully saturated rings. The molecule has 0 aromatic carbocycles. The Balaban J connectivity index is 2.39. The van der Waals surface area contributed by atoms with Crippen LogP contribution in [0.5, 0.6) is 0 Å². The molecule has 0 aromatic rings. The monoisotopic (exact) mass is 142 g/mol. The van der Waals surface area contributed by atoms with Crippen LogP contribution < -0.4 is 0 Å². The van der Waals surface area contributed by atoms with Crippen LogP contribution in [0.25, 0.3) is 0 Å². The van der Waals surface area contributed by atoms with Crippen molar-refractivity contribution in [3.63, 3.8) is 0 Å². The molecular weight excluding hydrogens is 127 g/mol. The highest BCUT2D eigenvalue weighted by Crippen LogP contribution is 2.55. The zero-order chi connectivity index (χ0) is 7.94. The number of hydrogen-bond donors (Lipinski definition) is 2. The van der Waals surface area contributed by atoms with E-state index in [9.17, 15) is 0 Å². The van der Waals surface area contributed by atoms with Gasteiger partial charge in [-0.1, -0.05) is 20.8 Å². The molecule has 0 saturated heterocycles. The maximum absolute atomic E-state index is 8.78. The van der Waals surface area contributed by atoms with Crippen LogP contribution in [0.3, 0.4) is 0 Å². The van der Waals surface area contributed by atoms with Gasteiger partial charge in [0.15, 0.2) is 0 Å². The van der Waals surface area contributed by atoms with Gasteiger partial charge in [-0.15, -0.1) is 0 Å². The molecule has 0 unspecified atom stereocenters. The minimum Gasteiger partial charge on any atom is -0.427 e. The van der Waals surface area contributed by atoms with Crippen LogP contribution in [0.15, 0.2) is 0 Å². The summed E-state index contributed by atoms with van der Waals surface area (Å²) in [6.45, 7) is 6.42. The van der Waals surface area contributed by atoms with Gasteiger partial charge in [-0.2, -0.15) is 0 Å². The van der Waals surface area contributed by atoms with Crippen molar-refractivity contribution in [3.05, 3.63) is 0 Å². The molecule has 0 amide bonds. The largest absolute Gasteiger partial charge is 0.455 e. The van der Waals surface area contributed by atoms with Crippen molar-refractivity contribution in [2.24, 2.45) is 11.3 Å². The first-order valence-corrected chi connectivity index (χ1v) is 3.79. The lowest BCUT2D eigenvalue weighted by Crippen LogP contribution is -2.16. The van der Waals surface area contributed by atoms with Gasteiger partial charge in [-0.3, -0.25) is 0 Å². The molecule has 0 radical (unpaired) electrons. The molecule has 10 heavy (non-hydrogen) atoms. The summed E-state index contributed by atoms with van der Waals surface area (Å²) >= 11 is 0. The zero-order valence-corrected chi connectivity index (χ0v) is 6.83. The maximum Gasteiger partial charge on any atom is 0.455 e. The zero-order valence-electron chi connectivity index (χ0n) is 6.83. The summed E-state index contributed by atoms with van der Waals surface area (Å²) < 4.78 is 0. The summed E-state index contributed by atoms with van der Waals surface area (Å²) in [7, 11) is -1.09. The Kier molecular flexibility index (Phi) is 1.81. The average Bonchev–Trinajstić information content (AvgIpc) is 2.35. The topological polar surface area (TPSA) is 40.5 Å². The molecule has 2 N–H and O–H groups in total. The summed E-state index contributed by atoms with van der Waals surface area (Å²) in [6.07, 6.45) is 0.973. The molecule has 0 bridgehead atoms. The second-order valence-electron chi connectivity index (χ2n) is 4.29. The molecule has 1 saturated carbocycles. The highest BCUT2D eigenvalue weighted by Gasteiger charge is 2.50. The van der Waals surface area contributed by atoms with Gasteiger partial charge < -0.3 is 10.0 Å². The molecule has 0 heterocycles. The van der Waals surface area contributed by atoms with E-state index in [0.29, 0.717) is 5.92 Å². The summed E-state index contributed by atoms with van der Waals surface area (Å²) in [5, 5.41) is 17.6. The van der Waals surface area contributed by atoms with Gasteiger partial charge in [-0.05, 0) is 23.6 Å². The van der Waals surface area contributed by atoms with E-state index < -0.39 is 7.12 Å². The van der Waals surface area contributed by atoms with E-state index >= 15 is 0 Å². The molecule has 0 spiro atoms. The Morgan fingerprint density at radius 1 is 1.30 bits per heavy atom. The fourth-order valence-electron chi connectivity index (χ4n) is 1.54. The normalized spacial score (nSPS) is 32.1. The fourth-order valence-corrected chi connectivity index (χ4v) is 1.54. The lowest BCUT2D eigenvalue weighted by Gasteiger charge is -2.17. The van der Waals surface area contributed by atoms with Crippen LogP contribution in [0.1, 0.15) is 27.2 Å². The molecule has 1 rings (SSSR count). The Morgan fingerprint density at radius 2 is 1.80 bits per heavy atom. The fraction of sp³-hybridized carbons (Fsp3) is 1.00. The average molecular weight is 142 g/mol. The Morgan fingerprint density at radius 3 is 1.90 bits per heavy atom. The first kappa shape index (κ1) is 8.09. The highest BCUT2D eigenvalue weighted by atomic mass is 16.4. The van der Waals surface area contributed by atoms with Crippen LogP contribution >= 0.6 is 0 Å². The molecule has 0 aromatic heterocycles. The van der Waals surface area contributed by atoms with Crippen molar-refractivity contribution in [2.45, 2.75) is 33.0 Å². The third-order valence-electron chi connectivity index (χ3n) is 2.34. The van der Waals surface area contributed by atoms with E-state index in [2.05, 4.69) is 20.8 Å². The van der Waals surface area contributed by atoms with Gasteiger partial charge >= 0.3 is 7.12 Å². The second kappa shape index (κ2) is 2.24. The van der Waals surface area contributed by atoms with Crippen molar-refractivity contribution in [2.75, 3.05) is 0 Å². The molecular formula is C7H15BO2. The lowest BCUT2D eigenvalue weighted by atomic mass is 9.76. The van der Waals surface area contributed by atoms with Gasteiger partial charge in [0, 0.05) is 0 Å². The number of hydrogen-bond acceptors (Lipinski definition) is 2. The van der Waals surface area contributed by atoms with E-state index in [0.717, 1.165) is 6.42 Å². The van der Waals surface area contributed by atoms with Crippen LogP contribution in [-0.2, 0) is 0 Å². The van der Waals surface area contributed by atoms with Gasteiger partial charge in [0.25, 0.3) is 0 Å². The molecule has 3 heteroatoms. The summed E-state index contributed by atoms with van der Waals surface area (Å²) in [4.78, 5) is 0. The molecule has 1 aliphatic rings. The summed E-state index contributed by atoms with van der Waals surface area (Å²) in [5.74, 6) is 0.646. The van der Waals surface area contributed by atoms with Crippen molar-refractivity contribution in [1.29, 1.82) is 0 Å². The minimum atomic E-state index is -1.09. The molecule has 2 nitrogen and oxygen atoms in total. The molecule has 2 atom stereocenters. The lowest BCUT2D eigenvalue weighted by molar-refractivity contribution is 0.333. The Labute approximate surface area is 62.4 Å². The minimum absolute atomic E-state index is 0.139. The van der Waals surface area contributed by atoms with E-state index in [4.69, 9.17) is 10.0 Å². The van der Waals surface area contributed by atoms with Crippen LogP contribution in [0, 0.1) is 11.3 Å².